The molecule has 1 rings (SSSR count). The summed E-state index contributed by atoms with van der Waals surface area (Å²) in [6.45, 7) is 0. The van der Waals surface area contributed by atoms with Gasteiger partial charge in [-0.2, -0.15) is 10.2 Å². The topological polar surface area (TPSA) is 24.7 Å². The van der Waals surface area contributed by atoms with E-state index in [0.29, 0.717) is 0 Å². The molecule has 9 heavy (non-hydrogen) atoms. The quantitative estimate of drug-likeness (QED) is 0.508. The highest BCUT2D eigenvalue weighted by Crippen LogP contribution is 2.08. The van der Waals surface area contributed by atoms with Crippen molar-refractivity contribution in [1.82, 2.24) is 0 Å². The fourth-order valence-electron chi connectivity index (χ4n) is 0.610. The highest BCUT2D eigenvalue weighted by molar-refractivity contribution is 5.34. The van der Waals surface area contributed by atoms with E-state index in [1.54, 1.807) is 7.05 Å². The van der Waals surface area contributed by atoms with Gasteiger partial charge in [-0.15, -0.1) is 0 Å². The predicted octanol–water partition coefficient (Wildman–Crippen LogP) is 2.40. The number of hydrogen-bond donors (Lipinski definition) is 0. The summed E-state index contributed by atoms with van der Waals surface area (Å²) >= 11 is 0. The van der Waals surface area contributed by atoms with Crippen molar-refractivity contribution < 1.29 is 0 Å². The predicted molar refractivity (Wildman–Crippen MR) is 36.9 cm³/mol. The van der Waals surface area contributed by atoms with Crippen LogP contribution >= 0.6 is 0 Å². The van der Waals surface area contributed by atoms with Gasteiger partial charge in [-0.25, -0.2) is 0 Å². The first kappa shape index (κ1) is 5.95. The standard InChI is InChI=1S/C7H8N2/c1-8-9-7-5-3-2-4-6-7/h2-6H,1H3/b9-8+. The lowest BCUT2D eigenvalue weighted by Crippen LogP contribution is -1.58. The Labute approximate surface area is 54.2 Å². The SMILES string of the molecule is C/N=N/c1ccccc1. The Morgan fingerprint density at radius 2 is 1.78 bits per heavy atom. The van der Waals surface area contributed by atoms with E-state index < -0.39 is 0 Å². The van der Waals surface area contributed by atoms with Crippen LogP contribution in [0.2, 0.25) is 0 Å². The molecule has 2 heteroatoms. The minimum Gasteiger partial charge on any atom is -0.192 e. The summed E-state index contributed by atoms with van der Waals surface area (Å²) in [6, 6.07) is 9.64. The third-order valence-electron chi connectivity index (χ3n) is 0.972. The van der Waals surface area contributed by atoms with Gasteiger partial charge in [0, 0.05) is 7.05 Å². The summed E-state index contributed by atoms with van der Waals surface area (Å²) in [5.41, 5.74) is 0.903. The van der Waals surface area contributed by atoms with Crippen LogP contribution in [0.1, 0.15) is 0 Å². The molecule has 0 fully saturated rings. The molecular formula is C7H8N2. The lowest BCUT2D eigenvalue weighted by Gasteiger charge is -1.85. The summed E-state index contributed by atoms with van der Waals surface area (Å²) in [7, 11) is 1.66. The zero-order valence-electron chi connectivity index (χ0n) is 5.28. The van der Waals surface area contributed by atoms with Gasteiger partial charge >= 0.3 is 0 Å². The van der Waals surface area contributed by atoms with Gasteiger partial charge in [0.05, 0.1) is 5.69 Å². The van der Waals surface area contributed by atoms with Crippen molar-refractivity contribution >= 4 is 5.69 Å². The number of nitrogens with zero attached hydrogens (tertiary/aromatic N) is 2. The summed E-state index contributed by atoms with van der Waals surface area (Å²) in [4.78, 5) is 0. The lowest BCUT2D eigenvalue weighted by atomic mass is 10.3. The van der Waals surface area contributed by atoms with Crippen LogP contribution in [0.5, 0.6) is 0 Å². The molecule has 46 valence electrons. The Morgan fingerprint density at radius 3 is 2.33 bits per heavy atom. The Morgan fingerprint density at radius 1 is 1.11 bits per heavy atom. The second-order valence-electron chi connectivity index (χ2n) is 1.64. The maximum Gasteiger partial charge on any atom is 0.0852 e. The van der Waals surface area contributed by atoms with Crippen LogP contribution in [0.25, 0.3) is 0 Å². The maximum atomic E-state index is 3.83. The second-order valence-corrected chi connectivity index (χ2v) is 1.64. The van der Waals surface area contributed by atoms with Crippen LogP contribution in [0.15, 0.2) is 40.6 Å². The van der Waals surface area contributed by atoms with Crippen molar-refractivity contribution in [2.75, 3.05) is 7.05 Å². The Hall–Kier alpha value is -1.18. The zero-order chi connectivity index (χ0) is 6.53. The smallest absolute Gasteiger partial charge is 0.0852 e. The van der Waals surface area contributed by atoms with Gasteiger partial charge in [-0.05, 0) is 12.1 Å². The van der Waals surface area contributed by atoms with Crippen LogP contribution < -0.4 is 0 Å². The van der Waals surface area contributed by atoms with E-state index in [4.69, 9.17) is 0 Å². The highest BCUT2D eigenvalue weighted by Gasteiger charge is 1.80. The van der Waals surface area contributed by atoms with Gasteiger partial charge in [-0.1, -0.05) is 18.2 Å². The van der Waals surface area contributed by atoms with E-state index in [1.807, 2.05) is 30.3 Å². The minimum atomic E-state index is 0.903. The average Bonchev–Trinajstić information content (AvgIpc) is 1.91. The lowest BCUT2D eigenvalue weighted by molar-refractivity contribution is 1.17. The molecule has 0 radical (unpaired) electrons. The molecule has 0 aliphatic rings. The van der Waals surface area contributed by atoms with Crippen molar-refractivity contribution in [1.29, 1.82) is 0 Å². The van der Waals surface area contributed by atoms with Gasteiger partial charge < -0.3 is 0 Å². The van der Waals surface area contributed by atoms with Crippen molar-refractivity contribution in [2.24, 2.45) is 10.2 Å². The van der Waals surface area contributed by atoms with E-state index in [9.17, 15) is 0 Å². The fraction of sp³-hybridized carbons (Fsp3) is 0.143. The van der Waals surface area contributed by atoms with E-state index in [0.717, 1.165) is 5.69 Å². The van der Waals surface area contributed by atoms with Gasteiger partial charge in [0.15, 0.2) is 0 Å². The van der Waals surface area contributed by atoms with Crippen LogP contribution in [0, 0.1) is 0 Å². The largest absolute Gasteiger partial charge is 0.192 e. The number of rotatable bonds is 1. The van der Waals surface area contributed by atoms with E-state index in [2.05, 4.69) is 10.2 Å². The molecule has 1 aromatic rings. The number of hydrogen-bond acceptors (Lipinski definition) is 2. The normalized spacial score (nSPS) is 10.3. The first-order valence-electron chi connectivity index (χ1n) is 2.78. The summed E-state index contributed by atoms with van der Waals surface area (Å²) in [5.74, 6) is 0. The van der Waals surface area contributed by atoms with Crippen LogP contribution in [-0.2, 0) is 0 Å². The van der Waals surface area contributed by atoms with Gasteiger partial charge in [0.2, 0.25) is 0 Å². The Bertz CT molecular complexity index is 191. The molecule has 0 heterocycles. The third-order valence-corrected chi connectivity index (χ3v) is 0.972. The summed E-state index contributed by atoms with van der Waals surface area (Å²) in [5, 5.41) is 7.46. The van der Waals surface area contributed by atoms with Crippen molar-refractivity contribution in [3.05, 3.63) is 30.3 Å². The van der Waals surface area contributed by atoms with Crippen LogP contribution in [-0.4, -0.2) is 7.05 Å². The Balaban J connectivity index is 2.85. The van der Waals surface area contributed by atoms with Gasteiger partial charge in [-0.3, -0.25) is 0 Å². The summed E-state index contributed by atoms with van der Waals surface area (Å²) < 4.78 is 0. The molecule has 0 N–H and O–H groups in total. The number of azo groups is 1. The Kier molecular flexibility index (Phi) is 1.96. The molecule has 0 aliphatic heterocycles. The molecule has 2 nitrogen and oxygen atoms in total. The number of benzene rings is 1. The first-order chi connectivity index (χ1) is 4.43. The average molecular weight is 120 g/mol. The second kappa shape index (κ2) is 2.97. The molecule has 1 aromatic carbocycles. The molecule has 0 amide bonds. The van der Waals surface area contributed by atoms with E-state index >= 15 is 0 Å². The molecule has 0 saturated carbocycles. The van der Waals surface area contributed by atoms with Gasteiger partial charge in [0.25, 0.3) is 0 Å². The van der Waals surface area contributed by atoms with Gasteiger partial charge in [0.1, 0.15) is 0 Å². The fourth-order valence-corrected chi connectivity index (χ4v) is 0.610. The molecule has 0 bridgehead atoms. The molecule has 0 spiro atoms. The molecular weight excluding hydrogens is 112 g/mol. The molecule has 0 aromatic heterocycles. The molecule has 0 atom stereocenters. The molecule has 0 aliphatic carbocycles. The van der Waals surface area contributed by atoms with E-state index in [1.165, 1.54) is 0 Å². The van der Waals surface area contributed by atoms with Crippen LogP contribution in [0.4, 0.5) is 5.69 Å². The zero-order valence-corrected chi connectivity index (χ0v) is 5.28. The minimum absolute atomic E-state index is 0.903. The third kappa shape index (κ3) is 1.64. The van der Waals surface area contributed by atoms with Crippen molar-refractivity contribution in [3.63, 3.8) is 0 Å². The summed E-state index contributed by atoms with van der Waals surface area (Å²) in [6.07, 6.45) is 0. The maximum absolute atomic E-state index is 3.83. The van der Waals surface area contributed by atoms with Crippen LogP contribution in [0.3, 0.4) is 0 Å². The highest BCUT2D eigenvalue weighted by atomic mass is 15.1. The molecule has 0 unspecified atom stereocenters. The van der Waals surface area contributed by atoms with E-state index in [-0.39, 0.29) is 0 Å². The monoisotopic (exact) mass is 120 g/mol. The van der Waals surface area contributed by atoms with Crippen molar-refractivity contribution in [3.8, 4) is 0 Å². The molecule has 0 saturated heterocycles. The first-order valence-corrected chi connectivity index (χ1v) is 2.78. The van der Waals surface area contributed by atoms with Crippen molar-refractivity contribution in [2.45, 2.75) is 0 Å².